The number of hydrogen-bond acceptors (Lipinski definition) is 6. The Morgan fingerprint density at radius 2 is 1.55 bits per heavy atom. The zero-order chi connectivity index (χ0) is 35.9. The van der Waals surface area contributed by atoms with E-state index >= 15 is 4.39 Å². The van der Waals surface area contributed by atoms with Crippen LogP contribution in [0.2, 0.25) is 0 Å². The first kappa shape index (κ1) is 36.5. The second kappa shape index (κ2) is 15.7. The SMILES string of the molecule is Cc1c(-c2cccc(OCCCCC(=O)O)c2F)c(=O)n(C[C@H](NC(=O)OC(C)(C)C)c2ccccc2)c(=O)n1Cc1c(F)cccc1F. The lowest BCUT2D eigenvalue weighted by molar-refractivity contribution is -0.137. The molecule has 0 aliphatic heterocycles. The third-order valence-corrected chi connectivity index (χ3v) is 7.60. The lowest BCUT2D eigenvalue weighted by Crippen LogP contribution is -2.46. The Balaban J connectivity index is 1.87. The predicted octanol–water partition coefficient (Wildman–Crippen LogP) is 6.35. The molecular weight excluding hydrogens is 643 g/mol. The number of aliphatic carboxylic acids is 1. The molecule has 1 aromatic heterocycles. The highest BCUT2D eigenvalue weighted by Crippen LogP contribution is 2.30. The molecule has 0 saturated heterocycles. The number of alkyl carbamates (subject to hydrolysis) is 1. The number of carbonyl (C=O) groups excluding carboxylic acids is 1. The summed E-state index contributed by atoms with van der Waals surface area (Å²) in [5, 5.41) is 11.6. The van der Waals surface area contributed by atoms with Crippen molar-refractivity contribution >= 4 is 12.1 Å². The minimum atomic E-state index is -0.999. The van der Waals surface area contributed by atoms with E-state index in [1.165, 1.54) is 31.2 Å². The van der Waals surface area contributed by atoms with Crippen molar-refractivity contribution in [1.82, 2.24) is 14.5 Å². The van der Waals surface area contributed by atoms with Crippen LogP contribution in [0.4, 0.5) is 18.0 Å². The minimum absolute atomic E-state index is 0.00197. The van der Waals surface area contributed by atoms with Gasteiger partial charge in [0.25, 0.3) is 5.56 Å². The third-order valence-electron chi connectivity index (χ3n) is 7.60. The van der Waals surface area contributed by atoms with Gasteiger partial charge >= 0.3 is 17.8 Å². The second-order valence-corrected chi connectivity index (χ2v) is 12.4. The van der Waals surface area contributed by atoms with Gasteiger partial charge in [0.1, 0.15) is 17.2 Å². The Morgan fingerprint density at radius 3 is 2.18 bits per heavy atom. The normalized spacial score (nSPS) is 12.0. The molecule has 0 unspecified atom stereocenters. The minimum Gasteiger partial charge on any atom is -0.490 e. The third kappa shape index (κ3) is 9.18. The molecule has 0 radical (unpaired) electrons. The largest absolute Gasteiger partial charge is 0.490 e. The van der Waals surface area contributed by atoms with E-state index in [0.717, 1.165) is 21.3 Å². The Morgan fingerprint density at radius 1 is 0.898 bits per heavy atom. The van der Waals surface area contributed by atoms with Crippen LogP contribution in [0.1, 0.15) is 62.9 Å². The smallest absolute Gasteiger partial charge is 0.408 e. The number of halogens is 3. The molecular formula is C36H38F3N3O7. The zero-order valence-corrected chi connectivity index (χ0v) is 27.6. The topological polar surface area (TPSA) is 129 Å². The lowest BCUT2D eigenvalue weighted by Gasteiger charge is -2.25. The summed E-state index contributed by atoms with van der Waals surface area (Å²) >= 11 is 0. The molecule has 1 amide bonds. The predicted molar refractivity (Wildman–Crippen MR) is 176 cm³/mol. The molecule has 0 aliphatic rings. The summed E-state index contributed by atoms with van der Waals surface area (Å²) in [5.41, 5.74) is -3.25. The van der Waals surface area contributed by atoms with Crippen LogP contribution < -0.4 is 21.3 Å². The molecule has 13 heteroatoms. The average molecular weight is 682 g/mol. The molecule has 1 heterocycles. The van der Waals surface area contributed by atoms with Crippen LogP contribution in [0.25, 0.3) is 11.1 Å². The van der Waals surface area contributed by atoms with E-state index in [2.05, 4.69) is 5.32 Å². The molecule has 4 aromatic rings. The van der Waals surface area contributed by atoms with Crippen molar-refractivity contribution in [2.45, 2.75) is 71.7 Å². The van der Waals surface area contributed by atoms with E-state index in [0.29, 0.717) is 18.4 Å². The molecule has 3 aromatic carbocycles. The number of nitrogens with one attached hydrogen (secondary N) is 1. The number of amides is 1. The van der Waals surface area contributed by atoms with Crippen molar-refractivity contribution in [1.29, 1.82) is 0 Å². The number of hydrogen-bond donors (Lipinski definition) is 2. The van der Waals surface area contributed by atoms with Gasteiger partial charge in [-0.1, -0.05) is 48.5 Å². The van der Waals surface area contributed by atoms with Gasteiger partial charge in [-0.2, -0.15) is 0 Å². The quantitative estimate of drug-likeness (QED) is 0.157. The summed E-state index contributed by atoms with van der Waals surface area (Å²) in [4.78, 5) is 52.0. The molecule has 0 aliphatic carbocycles. The standard InChI is InChI=1S/C36H38F3N3O7/c1-22-31(24-14-10-17-29(32(24)39)48-19-9-8-18-30(43)44)33(45)42(35(47)41(22)20-25-26(37)15-11-16-27(25)38)21-28(23-12-6-5-7-13-23)40-34(46)49-36(2,3)4/h5-7,10-17,28H,8-9,18-21H2,1-4H3,(H,40,46)(H,43,44)/t28-/m0/s1. The van der Waals surface area contributed by atoms with Crippen molar-refractivity contribution < 1.29 is 37.3 Å². The summed E-state index contributed by atoms with van der Waals surface area (Å²) in [5.74, 6) is -3.97. The molecule has 4 rings (SSSR count). The van der Waals surface area contributed by atoms with Gasteiger partial charge in [-0.3, -0.25) is 18.7 Å². The fourth-order valence-corrected chi connectivity index (χ4v) is 5.23. The second-order valence-electron chi connectivity index (χ2n) is 12.4. The maximum Gasteiger partial charge on any atom is 0.408 e. The first-order valence-electron chi connectivity index (χ1n) is 15.6. The van der Waals surface area contributed by atoms with Crippen LogP contribution in [-0.4, -0.2) is 38.5 Å². The number of carboxylic acid groups (broad SMARTS) is 1. The number of carboxylic acids is 1. The number of ether oxygens (including phenoxy) is 2. The van der Waals surface area contributed by atoms with Crippen molar-refractivity contribution in [3.05, 3.63) is 122 Å². The molecule has 0 fully saturated rings. The monoisotopic (exact) mass is 681 g/mol. The van der Waals surface area contributed by atoms with E-state index in [4.69, 9.17) is 14.6 Å². The highest BCUT2D eigenvalue weighted by molar-refractivity contribution is 5.69. The van der Waals surface area contributed by atoms with Crippen molar-refractivity contribution in [2.75, 3.05) is 6.61 Å². The van der Waals surface area contributed by atoms with Gasteiger partial charge in [-0.15, -0.1) is 0 Å². The number of aromatic nitrogens is 2. The molecule has 49 heavy (non-hydrogen) atoms. The number of rotatable bonds is 13. The summed E-state index contributed by atoms with van der Waals surface area (Å²) in [6.07, 6.45) is -0.277. The van der Waals surface area contributed by atoms with Gasteiger partial charge in [-0.05, 0) is 64.3 Å². The maximum atomic E-state index is 16.1. The van der Waals surface area contributed by atoms with E-state index in [1.54, 1.807) is 51.1 Å². The summed E-state index contributed by atoms with van der Waals surface area (Å²) < 4.78 is 58.5. The maximum absolute atomic E-state index is 16.1. The Labute approximate surface area is 280 Å². The first-order chi connectivity index (χ1) is 23.2. The van der Waals surface area contributed by atoms with Gasteiger partial charge in [0.05, 0.1) is 31.3 Å². The van der Waals surface area contributed by atoms with Gasteiger partial charge in [0.15, 0.2) is 11.6 Å². The fraction of sp³-hybridized carbons (Fsp3) is 0.333. The van der Waals surface area contributed by atoms with Gasteiger partial charge in [-0.25, -0.2) is 22.8 Å². The van der Waals surface area contributed by atoms with Crippen LogP contribution in [0.3, 0.4) is 0 Å². The highest BCUT2D eigenvalue weighted by atomic mass is 19.1. The number of carbonyl (C=O) groups is 2. The van der Waals surface area contributed by atoms with Crippen LogP contribution >= 0.6 is 0 Å². The molecule has 1 atom stereocenters. The number of unbranched alkanes of at least 4 members (excludes halogenated alkanes) is 1. The number of benzene rings is 3. The summed E-state index contributed by atoms with van der Waals surface area (Å²) in [6, 6.07) is 14.8. The molecule has 0 bridgehead atoms. The molecule has 0 spiro atoms. The van der Waals surface area contributed by atoms with Gasteiger partial charge in [0, 0.05) is 23.2 Å². The fourth-order valence-electron chi connectivity index (χ4n) is 5.23. The first-order valence-corrected chi connectivity index (χ1v) is 15.6. The Hall–Kier alpha value is -5.33. The van der Waals surface area contributed by atoms with Gasteiger partial charge < -0.3 is 19.9 Å². The van der Waals surface area contributed by atoms with Crippen LogP contribution in [0, 0.1) is 24.4 Å². The van der Waals surface area contributed by atoms with Crippen LogP contribution in [-0.2, 0) is 22.6 Å². The molecule has 2 N–H and O–H groups in total. The van der Waals surface area contributed by atoms with E-state index in [1.807, 2.05) is 0 Å². The van der Waals surface area contributed by atoms with Crippen LogP contribution in [0.15, 0.2) is 76.3 Å². The lowest BCUT2D eigenvalue weighted by atomic mass is 10.0. The zero-order valence-electron chi connectivity index (χ0n) is 27.6. The van der Waals surface area contributed by atoms with Crippen molar-refractivity contribution in [3.63, 3.8) is 0 Å². The van der Waals surface area contributed by atoms with E-state index in [9.17, 15) is 28.0 Å². The molecule has 0 saturated carbocycles. The Bertz CT molecular complexity index is 1920. The highest BCUT2D eigenvalue weighted by Gasteiger charge is 2.27. The molecule has 10 nitrogen and oxygen atoms in total. The van der Waals surface area contributed by atoms with Gasteiger partial charge in [0.2, 0.25) is 0 Å². The number of nitrogens with zero attached hydrogens (tertiary/aromatic N) is 2. The molecule has 260 valence electrons. The van der Waals surface area contributed by atoms with Crippen LogP contribution in [0.5, 0.6) is 5.75 Å². The van der Waals surface area contributed by atoms with Crippen molar-refractivity contribution in [3.8, 4) is 16.9 Å². The Kier molecular flexibility index (Phi) is 11.7. The van der Waals surface area contributed by atoms with E-state index < -0.39 is 71.1 Å². The van der Waals surface area contributed by atoms with Crippen molar-refractivity contribution in [2.24, 2.45) is 0 Å². The van der Waals surface area contributed by atoms with E-state index in [-0.39, 0.29) is 35.6 Å². The summed E-state index contributed by atoms with van der Waals surface area (Å²) in [7, 11) is 0. The summed E-state index contributed by atoms with van der Waals surface area (Å²) in [6.45, 7) is 5.30. The average Bonchev–Trinajstić information content (AvgIpc) is 3.02.